The Bertz CT molecular complexity index is 153. The number of β-lactam (4-membered cyclic amide) rings is 1. The Labute approximate surface area is 58.7 Å². The first kappa shape index (κ1) is 6.12. The second kappa shape index (κ2) is 2.21. The summed E-state index contributed by atoms with van der Waals surface area (Å²) in [6.07, 6.45) is 0.570. The van der Waals surface area contributed by atoms with E-state index in [1.165, 1.54) is 0 Å². The van der Waals surface area contributed by atoms with Gasteiger partial charge in [0.15, 0.2) is 6.23 Å². The standard InChI is InChI=1S/C6H9NO3/c8-5-1-2-7(5)6-3-9-4-10-6/h6H,1-4H2. The zero-order chi connectivity index (χ0) is 6.97. The molecule has 0 spiro atoms. The number of likely N-dealkylation sites (tertiary alicyclic amines) is 1. The van der Waals surface area contributed by atoms with Crippen LogP contribution in [0.15, 0.2) is 0 Å². The van der Waals surface area contributed by atoms with Gasteiger partial charge in [-0.05, 0) is 0 Å². The van der Waals surface area contributed by atoms with Crippen molar-refractivity contribution >= 4 is 5.91 Å². The van der Waals surface area contributed by atoms with Crippen LogP contribution in [-0.2, 0) is 14.3 Å². The van der Waals surface area contributed by atoms with Crippen LogP contribution >= 0.6 is 0 Å². The summed E-state index contributed by atoms with van der Waals surface area (Å²) in [5, 5.41) is 0. The minimum atomic E-state index is -0.0961. The summed E-state index contributed by atoms with van der Waals surface area (Å²) >= 11 is 0. The predicted octanol–water partition coefficient (Wildman–Crippen LogP) is -0.451. The van der Waals surface area contributed by atoms with Gasteiger partial charge in [-0.3, -0.25) is 4.79 Å². The molecule has 2 fully saturated rings. The van der Waals surface area contributed by atoms with Gasteiger partial charge in [0.05, 0.1) is 6.61 Å². The number of ether oxygens (including phenoxy) is 2. The van der Waals surface area contributed by atoms with E-state index in [4.69, 9.17) is 9.47 Å². The molecule has 2 heterocycles. The highest BCUT2D eigenvalue weighted by Crippen LogP contribution is 2.17. The molecule has 0 N–H and O–H groups in total. The normalized spacial score (nSPS) is 32.6. The average molecular weight is 143 g/mol. The van der Waals surface area contributed by atoms with Gasteiger partial charge in [-0.15, -0.1) is 0 Å². The summed E-state index contributed by atoms with van der Waals surface area (Å²) < 4.78 is 10.1. The second-order valence-electron chi connectivity index (χ2n) is 2.45. The summed E-state index contributed by atoms with van der Waals surface area (Å²) in [6, 6.07) is 0. The maximum atomic E-state index is 10.8. The number of amides is 1. The van der Waals surface area contributed by atoms with Crippen LogP contribution in [0.1, 0.15) is 6.42 Å². The van der Waals surface area contributed by atoms with E-state index in [9.17, 15) is 4.79 Å². The fourth-order valence-corrected chi connectivity index (χ4v) is 1.14. The quantitative estimate of drug-likeness (QED) is 0.466. The highest BCUT2D eigenvalue weighted by atomic mass is 16.7. The maximum Gasteiger partial charge on any atom is 0.226 e. The summed E-state index contributed by atoms with van der Waals surface area (Å²) in [6.45, 7) is 1.69. The van der Waals surface area contributed by atoms with Crippen LogP contribution in [0.3, 0.4) is 0 Å². The minimum absolute atomic E-state index is 0.0961. The lowest BCUT2D eigenvalue weighted by Gasteiger charge is -2.34. The zero-order valence-corrected chi connectivity index (χ0v) is 5.58. The van der Waals surface area contributed by atoms with Crippen molar-refractivity contribution in [1.29, 1.82) is 0 Å². The SMILES string of the molecule is O=C1CCN1C1COCO1. The first-order valence-electron chi connectivity index (χ1n) is 3.37. The summed E-state index contributed by atoms with van der Waals surface area (Å²) in [7, 11) is 0. The van der Waals surface area contributed by atoms with Crippen molar-refractivity contribution in [3.8, 4) is 0 Å². The average Bonchev–Trinajstić information content (AvgIpc) is 2.37. The van der Waals surface area contributed by atoms with Crippen LogP contribution in [0, 0.1) is 0 Å². The minimum Gasteiger partial charge on any atom is -0.351 e. The van der Waals surface area contributed by atoms with Gasteiger partial charge in [-0.1, -0.05) is 0 Å². The molecule has 56 valence electrons. The molecule has 1 amide bonds. The van der Waals surface area contributed by atoms with Gasteiger partial charge >= 0.3 is 0 Å². The largest absolute Gasteiger partial charge is 0.351 e. The Hall–Kier alpha value is -0.610. The van der Waals surface area contributed by atoms with E-state index >= 15 is 0 Å². The number of carbonyl (C=O) groups is 1. The second-order valence-corrected chi connectivity index (χ2v) is 2.45. The molecule has 4 heteroatoms. The number of nitrogens with zero attached hydrogens (tertiary/aromatic N) is 1. The Balaban J connectivity index is 1.92. The van der Waals surface area contributed by atoms with Gasteiger partial charge in [-0.25, -0.2) is 0 Å². The zero-order valence-electron chi connectivity index (χ0n) is 5.58. The van der Waals surface area contributed by atoms with Crippen molar-refractivity contribution in [2.24, 2.45) is 0 Å². The molecule has 1 atom stereocenters. The van der Waals surface area contributed by atoms with Crippen LogP contribution in [0.2, 0.25) is 0 Å². The molecular formula is C6H9NO3. The molecule has 0 aromatic carbocycles. The summed E-state index contributed by atoms with van der Waals surface area (Å²) in [5.74, 6) is 0.176. The molecule has 0 aromatic heterocycles. The van der Waals surface area contributed by atoms with E-state index in [-0.39, 0.29) is 12.1 Å². The third-order valence-electron chi connectivity index (χ3n) is 1.84. The number of hydrogen-bond donors (Lipinski definition) is 0. The molecule has 2 saturated heterocycles. The Morgan fingerprint density at radius 2 is 2.50 bits per heavy atom. The lowest BCUT2D eigenvalue weighted by molar-refractivity contribution is -0.153. The number of rotatable bonds is 1. The van der Waals surface area contributed by atoms with Crippen molar-refractivity contribution in [3.63, 3.8) is 0 Å². The van der Waals surface area contributed by atoms with E-state index in [1.54, 1.807) is 4.90 Å². The summed E-state index contributed by atoms with van der Waals surface area (Å²) in [4.78, 5) is 12.5. The molecule has 0 bridgehead atoms. The van der Waals surface area contributed by atoms with Crippen molar-refractivity contribution in [1.82, 2.24) is 4.90 Å². The molecule has 2 rings (SSSR count). The molecule has 4 nitrogen and oxygen atoms in total. The maximum absolute atomic E-state index is 10.8. The van der Waals surface area contributed by atoms with Gasteiger partial charge in [0, 0.05) is 13.0 Å². The van der Waals surface area contributed by atoms with Crippen LogP contribution in [-0.4, -0.2) is 37.0 Å². The van der Waals surface area contributed by atoms with E-state index in [1.807, 2.05) is 0 Å². The van der Waals surface area contributed by atoms with Gasteiger partial charge in [0.2, 0.25) is 5.91 Å². The fraction of sp³-hybridized carbons (Fsp3) is 0.833. The molecule has 1 unspecified atom stereocenters. The van der Waals surface area contributed by atoms with Gasteiger partial charge in [-0.2, -0.15) is 0 Å². The van der Waals surface area contributed by atoms with E-state index in [2.05, 4.69) is 0 Å². The Morgan fingerprint density at radius 1 is 1.60 bits per heavy atom. The Kier molecular flexibility index (Phi) is 1.35. The Morgan fingerprint density at radius 3 is 2.90 bits per heavy atom. The predicted molar refractivity (Wildman–Crippen MR) is 32.0 cm³/mol. The summed E-state index contributed by atoms with van der Waals surface area (Å²) in [5.41, 5.74) is 0. The molecule has 0 saturated carbocycles. The third-order valence-corrected chi connectivity index (χ3v) is 1.84. The topological polar surface area (TPSA) is 38.8 Å². The van der Waals surface area contributed by atoms with E-state index in [0.29, 0.717) is 19.8 Å². The van der Waals surface area contributed by atoms with E-state index < -0.39 is 0 Å². The molecule has 0 aliphatic carbocycles. The fourth-order valence-electron chi connectivity index (χ4n) is 1.14. The van der Waals surface area contributed by atoms with Crippen molar-refractivity contribution in [3.05, 3.63) is 0 Å². The van der Waals surface area contributed by atoms with Crippen molar-refractivity contribution in [2.75, 3.05) is 19.9 Å². The first-order chi connectivity index (χ1) is 4.88. The highest BCUT2D eigenvalue weighted by molar-refractivity contribution is 5.81. The van der Waals surface area contributed by atoms with Gasteiger partial charge in [0.25, 0.3) is 0 Å². The lowest BCUT2D eigenvalue weighted by atomic mass is 10.2. The molecule has 10 heavy (non-hydrogen) atoms. The van der Waals surface area contributed by atoms with Gasteiger partial charge < -0.3 is 14.4 Å². The van der Waals surface area contributed by atoms with Crippen molar-refractivity contribution < 1.29 is 14.3 Å². The number of hydrogen-bond acceptors (Lipinski definition) is 3. The molecule has 0 radical (unpaired) electrons. The van der Waals surface area contributed by atoms with Crippen molar-refractivity contribution in [2.45, 2.75) is 12.6 Å². The molecule has 2 aliphatic rings. The number of carbonyl (C=O) groups excluding carboxylic acids is 1. The lowest BCUT2D eigenvalue weighted by Crippen LogP contribution is -2.50. The van der Waals surface area contributed by atoms with Crippen LogP contribution in [0.4, 0.5) is 0 Å². The van der Waals surface area contributed by atoms with Gasteiger partial charge in [0.1, 0.15) is 6.79 Å². The molecule has 0 aromatic rings. The highest BCUT2D eigenvalue weighted by Gasteiger charge is 2.33. The first-order valence-corrected chi connectivity index (χ1v) is 3.37. The monoisotopic (exact) mass is 143 g/mol. The smallest absolute Gasteiger partial charge is 0.226 e. The van der Waals surface area contributed by atoms with Crippen LogP contribution in [0.5, 0.6) is 0 Å². The molecular weight excluding hydrogens is 134 g/mol. The van der Waals surface area contributed by atoms with Crippen LogP contribution < -0.4 is 0 Å². The van der Waals surface area contributed by atoms with Crippen LogP contribution in [0.25, 0.3) is 0 Å². The molecule has 2 aliphatic heterocycles. The van der Waals surface area contributed by atoms with E-state index in [0.717, 1.165) is 6.54 Å². The third kappa shape index (κ3) is 0.803.